The molecule has 0 aliphatic heterocycles. The molecule has 0 aromatic carbocycles. The summed E-state index contributed by atoms with van der Waals surface area (Å²) >= 11 is 3.55. The van der Waals surface area contributed by atoms with Crippen LogP contribution in [0, 0.1) is 22.2 Å². The Labute approximate surface area is 137 Å². The van der Waals surface area contributed by atoms with Crippen LogP contribution in [0.2, 0.25) is 0 Å². The summed E-state index contributed by atoms with van der Waals surface area (Å²) in [5, 5.41) is 0.920. The molecule has 0 N–H and O–H groups in total. The highest BCUT2D eigenvalue weighted by Gasteiger charge is 2.63. The monoisotopic (exact) mass is 353 g/mol. The van der Waals surface area contributed by atoms with Gasteiger partial charge in [0, 0.05) is 17.9 Å². The minimum atomic E-state index is -0.00627. The van der Waals surface area contributed by atoms with Crippen molar-refractivity contribution in [2.75, 3.05) is 11.9 Å². The van der Waals surface area contributed by atoms with Gasteiger partial charge in [0.1, 0.15) is 0 Å². The molecule has 5 fully saturated rings. The molecule has 1 amide bonds. The molecular weight excluding hydrogens is 326 g/mol. The Hall–Kier alpha value is -0.0500. The fraction of sp³-hybridized carbons (Fsp3) is 0.944. The highest BCUT2D eigenvalue weighted by atomic mass is 79.9. The van der Waals surface area contributed by atoms with Gasteiger partial charge in [0.05, 0.1) is 5.41 Å². The van der Waals surface area contributed by atoms with E-state index in [2.05, 4.69) is 34.7 Å². The Bertz CT molecular complexity index is 454. The van der Waals surface area contributed by atoms with E-state index in [4.69, 9.17) is 0 Å². The van der Waals surface area contributed by atoms with Crippen LogP contribution in [0.1, 0.15) is 65.2 Å². The van der Waals surface area contributed by atoms with Gasteiger partial charge in [-0.1, -0.05) is 29.8 Å². The molecule has 118 valence electrons. The van der Waals surface area contributed by atoms with Gasteiger partial charge in [-0.2, -0.15) is 0 Å². The SMILES string of the molecule is CC12CC3CC(C)(C1)CC(C(=O)N(CCBr)C1CC1)(C3)C2. The van der Waals surface area contributed by atoms with Crippen LogP contribution in [0.25, 0.3) is 0 Å². The maximum Gasteiger partial charge on any atom is 0.229 e. The van der Waals surface area contributed by atoms with Crippen LogP contribution >= 0.6 is 15.9 Å². The van der Waals surface area contributed by atoms with Gasteiger partial charge < -0.3 is 4.90 Å². The van der Waals surface area contributed by atoms with Crippen molar-refractivity contribution >= 4 is 21.8 Å². The Kier molecular flexibility index (Phi) is 3.11. The third kappa shape index (κ3) is 2.29. The maximum atomic E-state index is 13.5. The fourth-order valence-corrected chi connectivity index (χ4v) is 7.30. The van der Waals surface area contributed by atoms with Gasteiger partial charge >= 0.3 is 0 Å². The molecular formula is C18H28BrNO. The van der Waals surface area contributed by atoms with Crippen LogP contribution in [0.5, 0.6) is 0 Å². The van der Waals surface area contributed by atoms with Crippen LogP contribution in [0.3, 0.4) is 0 Å². The van der Waals surface area contributed by atoms with Crippen molar-refractivity contribution in [1.29, 1.82) is 0 Å². The fourth-order valence-electron chi connectivity index (χ4n) is 6.92. The van der Waals surface area contributed by atoms with Crippen molar-refractivity contribution < 1.29 is 4.79 Å². The van der Waals surface area contributed by atoms with Crippen molar-refractivity contribution in [3.05, 3.63) is 0 Å². The molecule has 0 aromatic heterocycles. The first kappa shape index (κ1) is 14.5. The van der Waals surface area contributed by atoms with Crippen molar-refractivity contribution in [3.63, 3.8) is 0 Å². The van der Waals surface area contributed by atoms with E-state index in [0.717, 1.165) is 30.6 Å². The van der Waals surface area contributed by atoms with Crippen LogP contribution in [-0.4, -0.2) is 28.7 Å². The van der Waals surface area contributed by atoms with E-state index in [9.17, 15) is 4.79 Å². The molecule has 0 heterocycles. The summed E-state index contributed by atoms with van der Waals surface area (Å²) in [6.45, 7) is 5.83. The smallest absolute Gasteiger partial charge is 0.229 e. The third-order valence-electron chi connectivity index (χ3n) is 6.65. The van der Waals surface area contributed by atoms with E-state index < -0.39 is 0 Å². The number of rotatable bonds is 4. The average Bonchev–Trinajstić information content (AvgIpc) is 3.14. The first-order valence-electron chi connectivity index (χ1n) is 8.74. The molecule has 0 aromatic rings. The standard InChI is InChI=1S/C18H28BrNO/c1-16-7-13-8-17(2,10-16)12-18(9-13,11-16)15(21)20(6-5-19)14-3-4-14/h13-14H,3-12H2,1-2H3. The molecule has 0 spiro atoms. The highest BCUT2D eigenvalue weighted by molar-refractivity contribution is 9.09. The zero-order valence-corrected chi connectivity index (χ0v) is 15.0. The first-order valence-corrected chi connectivity index (χ1v) is 9.86. The van der Waals surface area contributed by atoms with Gasteiger partial charge in [-0.3, -0.25) is 4.79 Å². The number of alkyl halides is 1. The summed E-state index contributed by atoms with van der Waals surface area (Å²) in [5.41, 5.74) is 0.870. The Morgan fingerprint density at radius 2 is 1.71 bits per heavy atom. The van der Waals surface area contributed by atoms with Crippen LogP contribution in [0.15, 0.2) is 0 Å². The normalized spacial score (nSPS) is 47.7. The van der Waals surface area contributed by atoms with E-state index in [1.54, 1.807) is 0 Å². The summed E-state index contributed by atoms with van der Waals surface area (Å²) in [7, 11) is 0. The van der Waals surface area contributed by atoms with Gasteiger partial charge in [0.25, 0.3) is 0 Å². The predicted molar refractivity (Wildman–Crippen MR) is 88.4 cm³/mol. The second-order valence-corrected chi connectivity index (χ2v) is 10.1. The molecule has 21 heavy (non-hydrogen) atoms. The largest absolute Gasteiger partial charge is 0.338 e. The quantitative estimate of drug-likeness (QED) is 0.687. The zero-order chi connectivity index (χ0) is 14.9. The van der Waals surface area contributed by atoms with E-state index in [1.807, 2.05) is 0 Å². The minimum absolute atomic E-state index is 0.00627. The summed E-state index contributed by atoms with van der Waals surface area (Å²) < 4.78 is 0. The lowest BCUT2D eigenvalue weighted by atomic mass is 9.40. The minimum Gasteiger partial charge on any atom is -0.338 e. The third-order valence-corrected chi connectivity index (χ3v) is 7.01. The van der Waals surface area contributed by atoms with Crippen molar-refractivity contribution in [2.24, 2.45) is 22.2 Å². The Morgan fingerprint density at radius 3 is 2.19 bits per heavy atom. The zero-order valence-electron chi connectivity index (χ0n) is 13.5. The Balaban J connectivity index is 1.65. The lowest BCUT2D eigenvalue weighted by Crippen LogP contribution is -2.60. The molecule has 0 saturated heterocycles. The second-order valence-electron chi connectivity index (χ2n) is 9.33. The van der Waals surface area contributed by atoms with E-state index in [-0.39, 0.29) is 5.41 Å². The number of amides is 1. The van der Waals surface area contributed by atoms with Crippen LogP contribution < -0.4 is 0 Å². The molecule has 5 saturated carbocycles. The molecule has 3 heteroatoms. The van der Waals surface area contributed by atoms with Crippen molar-refractivity contribution in [3.8, 4) is 0 Å². The Morgan fingerprint density at radius 1 is 1.10 bits per heavy atom. The molecule has 2 unspecified atom stereocenters. The number of nitrogens with zero attached hydrogens (tertiary/aromatic N) is 1. The van der Waals surface area contributed by atoms with Crippen LogP contribution in [-0.2, 0) is 4.79 Å². The maximum absolute atomic E-state index is 13.5. The molecule has 2 atom stereocenters. The molecule has 2 nitrogen and oxygen atoms in total. The molecule has 4 bridgehead atoms. The molecule has 5 rings (SSSR count). The number of halogens is 1. The summed E-state index contributed by atoms with van der Waals surface area (Å²) in [6.07, 6.45) is 10.1. The number of carbonyl (C=O) groups is 1. The number of hydrogen-bond donors (Lipinski definition) is 0. The predicted octanol–water partition coefficient (Wildman–Crippen LogP) is 4.37. The van der Waals surface area contributed by atoms with E-state index in [0.29, 0.717) is 22.8 Å². The van der Waals surface area contributed by atoms with Gasteiger partial charge in [0.15, 0.2) is 0 Å². The van der Waals surface area contributed by atoms with Crippen molar-refractivity contribution in [2.45, 2.75) is 71.3 Å². The van der Waals surface area contributed by atoms with Gasteiger partial charge in [-0.05, 0) is 68.1 Å². The van der Waals surface area contributed by atoms with Crippen molar-refractivity contribution in [1.82, 2.24) is 4.90 Å². The topological polar surface area (TPSA) is 20.3 Å². The molecule has 5 aliphatic carbocycles. The highest BCUT2D eigenvalue weighted by Crippen LogP contribution is 2.70. The average molecular weight is 354 g/mol. The van der Waals surface area contributed by atoms with Gasteiger partial charge in [-0.25, -0.2) is 0 Å². The number of hydrogen-bond acceptors (Lipinski definition) is 1. The molecule has 0 radical (unpaired) electrons. The van der Waals surface area contributed by atoms with Gasteiger partial charge in [0.2, 0.25) is 5.91 Å². The summed E-state index contributed by atoms with van der Waals surface area (Å²) in [5.74, 6) is 1.33. The van der Waals surface area contributed by atoms with E-state index in [1.165, 1.54) is 38.5 Å². The van der Waals surface area contributed by atoms with Crippen LogP contribution in [0.4, 0.5) is 0 Å². The second kappa shape index (κ2) is 4.49. The number of carbonyl (C=O) groups excluding carboxylic acids is 1. The van der Waals surface area contributed by atoms with Gasteiger partial charge in [-0.15, -0.1) is 0 Å². The summed E-state index contributed by atoms with van der Waals surface area (Å²) in [6, 6.07) is 0.559. The first-order chi connectivity index (χ1) is 9.87. The summed E-state index contributed by atoms with van der Waals surface area (Å²) in [4.78, 5) is 15.7. The van der Waals surface area contributed by atoms with E-state index >= 15 is 0 Å². The molecule has 5 aliphatic rings. The lowest BCUT2D eigenvalue weighted by molar-refractivity contribution is -0.179. The lowest BCUT2D eigenvalue weighted by Gasteiger charge is -2.65.